The first kappa shape index (κ1) is 14.6. The molecule has 0 amide bonds. The standard InChI is InChI=1S/C7H13NO3.Na/c1-5(9)3-4-6(8-2)7(10)11;/h6,8H,3-4H2,1-2H3,(H,10,11);/q;+1/p-1. The minimum absolute atomic E-state index is 0. The van der Waals surface area contributed by atoms with E-state index >= 15 is 0 Å². The van der Waals surface area contributed by atoms with Gasteiger partial charge in [0.15, 0.2) is 0 Å². The van der Waals surface area contributed by atoms with E-state index in [9.17, 15) is 14.7 Å². The van der Waals surface area contributed by atoms with Crippen LogP contribution in [0.2, 0.25) is 0 Å². The normalized spacial score (nSPS) is 11.5. The van der Waals surface area contributed by atoms with Crippen molar-refractivity contribution in [1.29, 1.82) is 0 Å². The van der Waals surface area contributed by atoms with Crippen LogP contribution in [0, 0.1) is 0 Å². The molecule has 64 valence electrons. The topological polar surface area (TPSA) is 69.2 Å². The summed E-state index contributed by atoms with van der Waals surface area (Å²) in [5, 5.41) is 12.8. The molecule has 0 spiro atoms. The molecule has 0 saturated heterocycles. The Labute approximate surface area is 94.0 Å². The van der Waals surface area contributed by atoms with Crippen molar-refractivity contribution < 1.29 is 44.3 Å². The number of rotatable bonds is 5. The average Bonchev–Trinajstić information content (AvgIpc) is 1.87. The Balaban J connectivity index is 0. The molecule has 0 radical (unpaired) electrons. The van der Waals surface area contributed by atoms with E-state index in [2.05, 4.69) is 5.32 Å². The maximum Gasteiger partial charge on any atom is 1.00 e. The fourth-order valence-electron chi connectivity index (χ4n) is 0.728. The van der Waals surface area contributed by atoms with Gasteiger partial charge in [-0.15, -0.1) is 0 Å². The van der Waals surface area contributed by atoms with Crippen molar-refractivity contribution >= 4 is 11.8 Å². The van der Waals surface area contributed by atoms with Crippen LogP contribution < -0.4 is 40.0 Å². The average molecular weight is 181 g/mol. The largest absolute Gasteiger partial charge is 1.00 e. The summed E-state index contributed by atoms with van der Waals surface area (Å²) in [4.78, 5) is 20.7. The van der Waals surface area contributed by atoms with E-state index in [-0.39, 0.29) is 41.8 Å². The second kappa shape index (κ2) is 7.73. The summed E-state index contributed by atoms with van der Waals surface area (Å²) in [6, 6.07) is -0.709. The number of nitrogens with one attached hydrogen (secondary N) is 1. The SMILES string of the molecule is CNC(CCC(C)=O)C(=O)[O-].[Na+]. The van der Waals surface area contributed by atoms with Gasteiger partial charge in [0.05, 0.1) is 5.97 Å². The third kappa shape index (κ3) is 6.79. The smallest absolute Gasteiger partial charge is 0.548 e. The number of Topliss-reactive ketones (excluding diaryl/α,β-unsaturated/α-hetero) is 1. The van der Waals surface area contributed by atoms with E-state index in [1.54, 1.807) is 0 Å². The molecule has 0 aliphatic carbocycles. The molecule has 0 aromatic carbocycles. The molecule has 0 aromatic heterocycles. The Morgan fingerprint density at radius 1 is 1.50 bits per heavy atom. The van der Waals surface area contributed by atoms with Crippen LogP contribution in [0.3, 0.4) is 0 Å². The number of likely N-dealkylation sites (N-methyl/N-ethyl adjacent to an activating group) is 1. The summed E-state index contributed by atoms with van der Waals surface area (Å²) in [6.45, 7) is 1.43. The first-order valence-corrected chi connectivity index (χ1v) is 3.45. The first-order valence-electron chi connectivity index (χ1n) is 3.45. The van der Waals surface area contributed by atoms with Crippen LogP contribution in [-0.4, -0.2) is 24.8 Å². The van der Waals surface area contributed by atoms with Gasteiger partial charge in [-0.1, -0.05) is 0 Å². The number of carboxylic acids is 1. The zero-order chi connectivity index (χ0) is 8.85. The molecule has 4 nitrogen and oxygen atoms in total. The number of carboxylic acid groups (broad SMARTS) is 1. The van der Waals surface area contributed by atoms with Gasteiger partial charge in [-0.05, 0) is 20.4 Å². The predicted molar refractivity (Wildman–Crippen MR) is 37.8 cm³/mol. The molecule has 0 heterocycles. The van der Waals surface area contributed by atoms with E-state index in [0.29, 0.717) is 6.42 Å². The molecule has 12 heavy (non-hydrogen) atoms. The van der Waals surface area contributed by atoms with Crippen LogP contribution in [0.15, 0.2) is 0 Å². The fraction of sp³-hybridized carbons (Fsp3) is 0.714. The number of ketones is 1. The Kier molecular flexibility index (Phi) is 9.42. The van der Waals surface area contributed by atoms with Crippen LogP contribution in [0.4, 0.5) is 0 Å². The van der Waals surface area contributed by atoms with E-state index in [1.807, 2.05) is 0 Å². The van der Waals surface area contributed by atoms with Crippen molar-refractivity contribution in [3.63, 3.8) is 0 Å². The second-order valence-electron chi connectivity index (χ2n) is 2.40. The van der Waals surface area contributed by atoms with Gasteiger partial charge in [0, 0.05) is 12.5 Å². The summed E-state index contributed by atoms with van der Waals surface area (Å²) in [6.07, 6.45) is 0.577. The molecule has 1 N–H and O–H groups in total. The fourth-order valence-corrected chi connectivity index (χ4v) is 0.728. The van der Waals surface area contributed by atoms with Gasteiger partial charge in [-0.3, -0.25) is 0 Å². The summed E-state index contributed by atoms with van der Waals surface area (Å²) < 4.78 is 0. The van der Waals surface area contributed by atoms with Crippen LogP contribution in [0.5, 0.6) is 0 Å². The number of carbonyl (C=O) groups excluding carboxylic acids is 2. The van der Waals surface area contributed by atoms with Gasteiger partial charge < -0.3 is 20.0 Å². The maximum atomic E-state index is 10.4. The van der Waals surface area contributed by atoms with Gasteiger partial charge in [0.25, 0.3) is 0 Å². The molecule has 0 aliphatic rings. The van der Waals surface area contributed by atoms with Crippen molar-refractivity contribution in [1.82, 2.24) is 5.32 Å². The van der Waals surface area contributed by atoms with Crippen LogP contribution in [-0.2, 0) is 9.59 Å². The van der Waals surface area contributed by atoms with Gasteiger partial charge in [-0.2, -0.15) is 0 Å². The third-order valence-corrected chi connectivity index (χ3v) is 1.42. The van der Waals surface area contributed by atoms with Crippen molar-refractivity contribution in [2.75, 3.05) is 7.05 Å². The Hall–Kier alpha value is 0.100. The van der Waals surface area contributed by atoms with Crippen molar-refractivity contribution in [2.45, 2.75) is 25.8 Å². The van der Waals surface area contributed by atoms with Crippen molar-refractivity contribution in [2.24, 2.45) is 0 Å². The molecule has 1 atom stereocenters. The van der Waals surface area contributed by atoms with Gasteiger partial charge in [0.2, 0.25) is 0 Å². The molecule has 0 saturated carbocycles. The van der Waals surface area contributed by atoms with Gasteiger partial charge in [0.1, 0.15) is 5.78 Å². The van der Waals surface area contributed by atoms with Crippen molar-refractivity contribution in [3.05, 3.63) is 0 Å². The van der Waals surface area contributed by atoms with Crippen molar-refractivity contribution in [3.8, 4) is 0 Å². The maximum absolute atomic E-state index is 10.4. The van der Waals surface area contributed by atoms with Gasteiger partial charge >= 0.3 is 29.6 Å². The van der Waals surface area contributed by atoms with Crippen LogP contribution in [0.25, 0.3) is 0 Å². The van der Waals surface area contributed by atoms with E-state index in [4.69, 9.17) is 0 Å². The molecule has 0 rings (SSSR count). The zero-order valence-electron chi connectivity index (χ0n) is 7.72. The second-order valence-corrected chi connectivity index (χ2v) is 2.40. The van der Waals surface area contributed by atoms with E-state index in [0.717, 1.165) is 0 Å². The first-order chi connectivity index (χ1) is 5.07. The molecule has 1 unspecified atom stereocenters. The van der Waals surface area contributed by atoms with Gasteiger partial charge in [-0.25, -0.2) is 0 Å². The molecule has 0 bridgehead atoms. The minimum Gasteiger partial charge on any atom is -0.548 e. The summed E-state index contributed by atoms with van der Waals surface area (Å²) in [5.41, 5.74) is 0. The summed E-state index contributed by atoms with van der Waals surface area (Å²) in [7, 11) is 1.53. The number of carbonyl (C=O) groups is 2. The number of hydrogen-bond acceptors (Lipinski definition) is 4. The molecular formula is C7H12NNaO3. The van der Waals surface area contributed by atoms with E-state index in [1.165, 1.54) is 14.0 Å². The molecule has 0 aliphatic heterocycles. The zero-order valence-corrected chi connectivity index (χ0v) is 9.72. The monoisotopic (exact) mass is 181 g/mol. The molecular weight excluding hydrogens is 169 g/mol. The van der Waals surface area contributed by atoms with E-state index < -0.39 is 12.0 Å². The Bertz CT molecular complexity index is 161. The number of aliphatic carboxylic acids is 1. The van der Waals surface area contributed by atoms with Crippen LogP contribution >= 0.6 is 0 Å². The Morgan fingerprint density at radius 2 is 2.00 bits per heavy atom. The third-order valence-electron chi connectivity index (χ3n) is 1.42. The summed E-state index contributed by atoms with van der Waals surface area (Å²) >= 11 is 0. The molecule has 0 fully saturated rings. The number of hydrogen-bond donors (Lipinski definition) is 1. The summed E-state index contributed by atoms with van der Waals surface area (Å²) in [5.74, 6) is -1.17. The predicted octanol–water partition coefficient (Wildman–Crippen LogP) is -4.30. The minimum atomic E-state index is -1.16. The Morgan fingerprint density at radius 3 is 2.25 bits per heavy atom. The quantitative estimate of drug-likeness (QED) is 0.436. The van der Waals surface area contributed by atoms with Crippen LogP contribution in [0.1, 0.15) is 19.8 Å². The molecule has 0 aromatic rings. The molecule has 5 heteroatoms.